The van der Waals surface area contributed by atoms with E-state index in [1.807, 2.05) is 0 Å². The fraction of sp³-hybridized carbons (Fsp3) is 0.889. The Labute approximate surface area is 88.0 Å². The summed E-state index contributed by atoms with van der Waals surface area (Å²) in [6.45, 7) is 5.31. The van der Waals surface area contributed by atoms with Crippen molar-refractivity contribution >= 4 is 21.8 Å². The first-order valence-electron chi connectivity index (χ1n) is 4.80. The topological polar surface area (TPSA) is 32.3 Å². The first-order chi connectivity index (χ1) is 6.24. The molecule has 3 nitrogen and oxygen atoms in total. The van der Waals surface area contributed by atoms with E-state index < -0.39 is 0 Å². The second-order valence-corrected chi connectivity index (χ2v) is 4.09. The van der Waals surface area contributed by atoms with Gasteiger partial charge < -0.3 is 5.32 Å². The normalized spacial score (nSPS) is 20.2. The molecular weight excluding hydrogens is 232 g/mol. The fourth-order valence-corrected chi connectivity index (χ4v) is 1.82. The summed E-state index contributed by atoms with van der Waals surface area (Å²) in [7, 11) is 0. The van der Waals surface area contributed by atoms with Gasteiger partial charge in [-0.15, -0.1) is 0 Å². The summed E-state index contributed by atoms with van der Waals surface area (Å²) in [5.41, 5.74) is 0. The maximum Gasteiger partial charge on any atom is 0.230 e. The van der Waals surface area contributed by atoms with Crippen molar-refractivity contribution in [1.29, 1.82) is 0 Å². The highest BCUT2D eigenvalue weighted by atomic mass is 79.9. The summed E-state index contributed by atoms with van der Waals surface area (Å²) in [6, 6.07) is 0.477. The lowest BCUT2D eigenvalue weighted by Crippen LogP contribution is -2.40. The zero-order chi connectivity index (χ0) is 9.68. The highest BCUT2D eigenvalue weighted by Crippen LogP contribution is 2.10. The Morgan fingerprint density at radius 2 is 2.15 bits per heavy atom. The van der Waals surface area contributed by atoms with Crippen LogP contribution in [0.1, 0.15) is 19.8 Å². The molecule has 0 aromatic carbocycles. The van der Waals surface area contributed by atoms with Crippen molar-refractivity contribution in [1.82, 2.24) is 10.2 Å². The largest absolute Gasteiger partial charge is 0.354 e. The van der Waals surface area contributed by atoms with Crippen LogP contribution in [0.3, 0.4) is 0 Å². The zero-order valence-corrected chi connectivity index (χ0v) is 9.64. The van der Waals surface area contributed by atoms with Crippen LogP contribution >= 0.6 is 15.9 Å². The quantitative estimate of drug-likeness (QED) is 0.753. The third-order valence-electron chi connectivity index (χ3n) is 2.48. The average Bonchev–Trinajstić information content (AvgIpc) is 2.66. The van der Waals surface area contributed by atoms with Crippen LogP contribution in [0.2, 0.25) is 0 Å². The lowest BCUT2D eigenvalue weighted by Gasteiger charge is -2.23. The fourth-order valence-electron chi connectivity index (χ4n) is 1.62. The number of carbonyl (C=O) groups is 1. The summed E-state index contributed by atoms with van der Waals surface area (Å²) in [5, 5.41) is 3.28. The molecule has 1 rings (SSSR count). The molecule has 4 heteroatoms. The molecule has 1 unspecified atom stereocenters. The number of nitrogens with zero attached hydrogens (tertiary/aromatic N) is 1. The lowest BCUT2D eigenvalue weighted by molar-refractivity contribution is -0.118. The highest BCUT2D eigenvalue weighted by molar-refractivity contribution is 9.09. The Bertz CT molecular complexity index is 169. The number of carbonyl (C=O) groups excluding carboxylic acids is 1. The Balaban J connectivity index is 2.16. The van der Waals surface area contributed by atoms with Gasteiger partial charge in [0.1, 0.15) is 0 Å². The van der Waals surface area contributed by atoms with Crippen LogP contribution in [-0.4, -0.2) is 41.8 Å². The van der Waals surface area contributed by atoms with Gasteiger partial charge in [0.2, 0.25) is 5.91 Å². The third kappa shape index (κ3) is 3.65. The first kappa shape index (κ1) is 11.0. The average molecular weight is 249 g/mol. The first-order valence-corrected chi connectivity index (χ1v) is 5.93. The van der Waals surface area contributed by atoms with E-state index >= 15 is 0 Å². The van der Waals surface area contributed by atoms with Crippen LogP contribution in [0.25, 0.3) is 0 Å². The van der Waals surface area contributed by atoms with E-state index in [2.05, 4.69) is 33.1 Å². The number of halogens is 1. The van der Waals surface area contributed by atoms with Crippen molar-refractivity contribution in [2.75, 3.05) is 25.0 Å². The van der Waals surface area contributed by atoms with E-state index in [0.29, 0.717) is 11.4 Å². The van der Waals surface area contributed by atoms with Crippen molar-refractivity contribution in [2.45, 2.75) is 25.8 Å². The second kappa shape index (κ2) is 5.60. The molecule has 1 atom stereocenters. The molecule has 0 aliphatic carbocycles. The highest BCUT2D eigenvalue weighted by Gasteiger charge is 2.17. The molecule has 1 aliphatic heterocycles. The minimum absolute atomic E-state index is 0.0750. The Hall–Kier alpha value is -0.0900. The maximum absolute atomic E-state index is 11.0. The van der Waals surface area contributed by atoms with Gasteiger partial charge in [0.25, 0.3) is 0 Å². The van der Waals surface area contributed by atoms with Crippen molar-refractivity contribution in [3.8, 4) is 0 Å². The molecule has 0 aromatic heterocycles. The van der Waals surface area contributed by atoms with Crippen LogP contribution in [0, 0.1) is 0 Å². The Morgan fingerprint density at radius 1 is 1.54 bits per heavy atom. The van der Waals surface area contributed by atoms with Crippen molar-refractivity contribution < 1.29 is 4.79 Å². The Morgan fingerprint density at radius 3 is 2.69 bits per heavy atom. The molecule has 1 N–H and O–H groups in total. The van der Waals surface area contributed by atoms with E-state index in [1.54, 1.807) is 0 Å². The van der Waals surface area contributed by atoms with Crippen molar-refractivity contribution in [3.05, 3.63) is 0 Å². The molecule has 1 aliphatic rings. The van der Waals surface area contributed by atoms with Gasteiger partial charge in [-0.2, -0.15) is 0 Å². The molecule has 1 saturated heterocycles. The molecule has 13 heavy (non-hydrogen) atoms. The van der Waals surface area contributed by atoms with Crippen LogP contribution in [0.5, 0.6) is 0 Å². The molecule has 0 bridgehead atoms. The van der Waals surface area contributed by atoms with E-state index in [9.17, 15) is 4.79 Å². The number of alkyl halides is 1. The van der Waals surface area contributed by atoms with Gasteiger partial charge in [0.15, 0.2) is 0 Å². The van der Waals surface area contributed by atoms with E-state index in [1.165, 1.54) is 25.9 Å². The SMILES string of the molecule is CC(CNC(=O)CBr)N1CCCC1. The molecular formula is C9H17BrN2O. The lowest BCUT2D eigenvalue weighted by atomic mass is 10.3. The molecule has 76 valence electrons. The number of likely N-dealkylation sites (tertiary alicyclic amines) is 1. The monoisotopic (exact) mass is 248 g/mol. The van der Waals surface area contributed by atoms with Crippen molar-refractivity contribution in [2.24, 2.45) is 0 Å². The number of amides is 1. The second-order valence-electron chi connectivity index (χ2n) is 3.53. The minimum atomic E-state index is 0.0750. The van der Waals surface area contributed by atoms with Crippen LogP contribution in [0.15, 0.2) is 0 Å². The number of nitrogens with one attached hydrogen (secondary N) is 1. The van der Waals surface area contributed by atoms with Crippen molar-refractivity contribution in [3.63, 3.8) is 0 Å². The molecule has 0 radical (unpaired) electrons. The Kier molecular flexibility index (Phi) is 4.73. The standard InChI is InChI=1S/C9H17BrN2O/c1-8(7-11-9(13)6-10)12-4-2-3-5-12/h8H,2-7H2,1H3,(H,11,13). The minimum Gasteiger partial charge on any atom is -0.354 e. The molecule has 1 amide bonds. The third-order valence-corrected chi connectivity index (χ3v) is 2.99. The van der Waals surface area contributed by atoms with Crippen LogP contribution in [0.4, 0.5) is 0 Å². The molecule has 0 saturated carbocycles. The van der Waals surface area contributed by atoms with E-state index in [4.69, 9.17) is 0 Å². The van der Waals surface area contributed by atoms with Crippen LogP contribution < -0.4 is 5.32 Å². The maximum atomic E-state index is 11.0. The molecule has 0 aromatic rings. The summed E-state index contributed by atoms with van der Waals surface area (Å²) in [5.74, 6) is 0.0750. The number of hydrogen-bond acceptors (Lipinski definition) is 2. The van der Waals surface area contributed by atoms with Gasteiger partial charge in [-0.3, -0.25) is 9.69 Å². The van der Waals surface area contributed by atoms with Gasteiger partial charge in [0, 0.05) is 12.6 Å². The predicted octanol–water partition coefficient (Wildman–Crippen LogP) is 0.982. The zero-order valence-electron chi connectivity index (χ0n) is 8.05. The predicted molar refractivity (Wildman–Crippen MR) is 57.1 cm³/mol. The van der Waals surface area contributed by atoms with E-state index in [0.717, 1.165) is 6.54 Å². The van der Waals surface area contributed by atoms with Gasteiger partial charge in [-0.05, 0) is 32.9 Å². The summed E-state index contributed by atoms with van der Waals surface area (Å²) in [4.78, 5) is 13.4. The molecule has 1 fully saturated rings. The smallest absolute Gasteiger partial charge is 0.230 e. The molecule has 1 heterocycles. The van der Waals surface area contributed by atoms with E-state index in [-0.39, 0.29) is 5.91 Å². The van der Waals surface area contributed by atoms with Gasteiger partial charge in [0.05, 0.1) is 5.33 Å². The van der Waals surface area contributed by atoms with Crippen LogP contribution in [-0.2, 0) is 4.79 Å². The summed E-state index contributed by atoms with van der Waals surface area (Å²) >= 11 is 3.12. The number of hydrogen-bond donors (Lipinski definition) is 1. The number of rotatable bonds is 4. The summed E-state index contributed by atoms with van der Waals surface area (Å²) < 4.78 is 0. The summed E-state index contributed by atoms with van der Waals surface area (Å²) in [6.07, 6.45) is 2.60. The van der Waals surface area contributed by atoms with Gasteiger partial charge >= 0.3 is 0 Å². The van der Waals surface area contributed by atoms with Gasteiger partial charge in [-0.1, -0.05) is 15.9 Å². The molecule has 0 spiro atoms. The van der Waals surface area contributed by atoms with Gasteiger partial charge in [-0.25, -0.2) is 0 Å².